The molecule has 1 aromatic heterocycles. The molecule has 24 heavy (non-hydrogen) atoms. The minimum absolute atomic E-state index is 0.0656. The fourth-order valence-corrected chi connectivity index (χ4v) is 6.06. The normalized spacial score (nSPS) is 15.7. The fourth-order valence-electron chi connectivity index (χ4n) is 3.00. The van der Waals surface area contributed by atoms with E-state index in [2.05, 4.69) is 53.5 Å². The Labute approximate surface area is 148 Å². The van der Waals surface area contributed by atoms with Gasteiger partial charge >= 0.3 is 148 Å². The van der Waals surface area contributed by atoms with E-state index in [4.69, 9.17) is 0 Å². The number of nitriles is 1. The van der Waals surface area contributed by atoms with Crippen molar-refractivity contribution in [2.24, 2.45) is 5.92 Å². The molecule has 1 saturated carbocycles. The zero-order valence-electron chi connectivity index (χ0n) is 13.5. The van der Waals surface area contributed by atoms with E-state index >= 15 is 0 Å². The summed E-state index contributed by atoms with van der Waals surface area (Å²) >= 11 is -0.0656. The number of aromatic nitrogens is 2. The molecule has 1 atom stereocenters. The van der Waals surface area contributed by atoms with Crippen LogP contribution in [0, 0.1) is 17.2 Å². The second-order valence-electron chi connectivity index (χ2n) is 6.31. The Kier molecular flexibility index (Phi) is 4.08. The van der Waals surface area contributed by atoms with Gasteiger partial charge in [0, 0.05) is 0 Å². The molecule has 1 heterocycles. The van der Waals surface area contributed by atoms with Crippen molar-refractivity contribution in [3.8, 4) is 17.2 Å². The summed E-state index contributed by atoms with van der Waals surface area (Å²) in [5, 5.41) is 19.1. The van der Waals surface area contributed by atoms with E-state index in [1.165, 1.54) is 18.4 Å². The van der Waals surface area contributed by atoms with Gasteiger partial charge in [0.2, 0.25) is 0 Å². The third-order valence-electron chi connectivity index (χ3n) is 4.58. The SMILES string of the molecule is C[C@@H]([As]c1c(C#N)nnc2cc(-c3ccccc3)ccc12)C1CC1. The van der Waals surface area contributed by atoms with Crippen LogP contribution in [0.3, 0.4) is 0 Å². The number of hydrogen-bond donors (Lipinski definition) is 0. The van der Waals surface area contributed by atoms with Crippen LogP contribution < -0.4 is 4.35 Å². The number of benzene rings is 2. The first kappa shape index (κ1) is 15.4. The van der Waals surface area contributed by atoms with Crippen molar-refractivity contribution < 1.29 is 0 Å². The molecule has 0 saturated heterocycles. The van der Waals surface area contributed by atoms with Gasteiger partial charge < -0.3 is 0 Å². The van der Waals surface area contributed by atoms with Gasteiger partial charge in [-0.2, -0.15) is 0 Å². The monoisotopic (exact) mass is 374 g/mol. The van der Waals surface area contributed by atoms with Gasteiger partial charge in [0.1, 0.15) is 0 Å². The summed E-state index contributed by atoms with van der Waals surface area (Å²) in [6, 6.07) is 18.9. The van der Waals surface area contributed by atoms with Crippen LogP contribution in [0.1, 0.15) is 25.5 Å². The third-order valence-corrected chi connectivity index (χ3v) is 7.82. The minimum atomic E-state index is -0.0656. The van der Waals surface area contributed by atoms with Crippen LogP contribution >= 0.6 is 0 Å². The molecular weight excluding hydrogens is 357 g/mol. The van der Waals surface area contributed by atoms with Crippen molar-refractivity contribution in [3.05, 3.63) is 54.2 Å². The molecule has 0 spiro atoms. The topological polar surface area (TPSA) is 49.6 Å². The summed E-state index contributed by atoms with van der Waals surface area (Å²) in [7, 11) is 0. The molecule has 0 amide bonds. The molecule has 4 rings (SSSR count). The van der Waals surface area contributed by atoms with Crippen LogP contribution in [0.2, 0.25) is 4.71 Å². The molecule has 0 aliphatic heterocycles. The van der Waals surface area contributed by atoms with Gasteiger partial charge in [0.05, 0.1) is 0 Å². The van der Waals surface area contributed by atoms with E-state index in [1.54, 1.807) is 0 Å². The molecule has 0 unspecified atom stereocenters. The van der Waals surface area contributed by atoms with Gasteiger partial charge in [-0.15, -0.1) is 0 Å². The number of nitrogens with zero attached hydrogens (tertiary/aromatic N) is 3. The Morgan fingerprint density at radius 2 is 1.88 bits per heavy atom. The van der Waals surface area contributed by atoms with E-state index in [-0.39, 0.29) is 15.8 Å². The Balaban J connectivity index is 1.80. The number of rotatable bonds is 4. The summed E-state index contributed by atoms with van der Waals surface area (Å²) in [5.74, 6) is 0.850. The van der Waals surface area contributed by atoms with E-state index in [1.807, 2.05) is 18.2 Å². The fraction of sp³-hybridized carbons (Fsp3) is 0.250. The summed E-state index contributed by atoms with van der Waals surface area (Å²) in [6.45, 7) is 2.32. The van der Waals surface area contributed by atoms with Crippen LogP contribution in [0.15, 0.2) is 48.5 Å². The summed E-state index contributed by atoms with van der Waals surface area (Å²) in [4.78, 5) is 0. The molecular formula is C20H17AsN3. The molecule has 2 aromatic carbocycles. The van der Waals surface area contributed by atoms with E-state index in [9.17, 15) is 5.26 Å². The quantitative estimate of drug-likeness (QED) is 0.654. The second kappa shape index (κ2) is 6.38. The maximum atomic E-state index is 9.44. The Morgan fingerprint density at radius 3 is 2.58 bits per heavy atom. The van der Waals surface area contributed by atoms with Crippen LogP contribution in [-0.2, 0) is 0 Å². The van der Waals surface area contributed by atoms with Crippen LogP contribution in [0.5, 0.6) is 0 Å². The van der Waals surface area contributed by atoms with Crippen molar-refractivity contribution in [3.63, 3.8) is 0 Å². The molecule has 1 aliphatic carbocycles. The van der Waals surface area contributed by atoms with Crippen molar-refractivity contribution in [1.82, 2.24) is 10.2 Å². The van der Waals surface area contributed by atoms with Crippen LogP contribution in [0.25, 0.3) is 22.0 Å². The first-order chi connectivity index (χ1) is 11.8. The van der Waals surface area contributed by atoms with Crippen molar-refractivity contribution in [2.45, 2.75) is 24.5 Å². The van der Waals surface area contributed by atoms with Gasteiger partial charge in [-0.05, 0) is 0 Å². The Hall–Kier alpha value is -2.17. The van der Waals surface area contributed by atoms with Crippen molar-refractivity contribution >= 4 is 31.0 Å². The third kappa shape index (κ3) is 2.95. The number of hydrogen-bond acceptors (Lipinski definition) is 3. The predicted octanol–water partition coefficient (Wildman–Crippen LogP) is 3.72. The Morgan fingerprint density at radius 1 is 1.08 bits per heavy atom. The summed E-state index contributed by atoms with van der Waals surface area (Å²) in [6.07, 6.45) is 2.68. The van der Waals surface area contributed by atoms with Crippen LogP contribution in [0.4, 0.5) is 0 Å². The van der Waals surface area contributed by atoms with E-state index in [0.717, 1.165) is 26.7 Å². The molecule has 3 nitrogen and oxygen atoms in total. The van der Waals surface area contributed by atoms with Gasteiger partial charge in [-0.3, -0.25) is 0 Å². The van der Waals surface area contributed by atoms with E-state index < -0.39 is 0 Å². The van der Waals surface area contributed by atoms with Gasteiger partial charge in [-0.1, -0.05) is 0 Å². The average molecular weight is 374 g/mol. The standard InChI is InChI=1S/C20H17AsN3/c1-13(14-7-8-14)21-20-17-10-9-16(15-5-3-2-4-6-15)11-18(17)23-24-19(20)12-22/h2-6,9-11,13-14H,7-8H2,1H3/t13-/m1/s1. The zero-order chi connectivity index (χ0) is 16.5. The Bertz CT molecular complexity index is 927. The molecule has 1 aliphatic rings. The molecule has 3 aromatic rings. The zero-order valence-corrected chi connectivity index (χ0v) is 15.4. The number of fused-ring (bicyclic) bond motifs is 1. The van der Waals surface area contributed by atoms with Gasteiger partial charge in [0.15, 0.2) is 0 Å². The molecule has 4 heteroatoms. The van der Waals surface area contributed by atoms with Crippen LogP contribution in [-0.4, -0.2) is 25.9 Å². The predicted molar refractivity (Wildman–Crippen MR) is 97.2 cm³/mol. The van der Waals surface area contributed by atoms with Gasteiger partial charge in [0.25, 0.3) is 0 Å². The molecule has 1 fully saturated rings. The van der Waals surface area contributed by atoms with Crippen molar-refractivity contribution in [2.75, 3.05) is 0 Å². The molecule has 0 N–H and O–H groups in total. The molecule has 0 bridgehead atoms. The first-order valence-corrected chi connectivity index (χ1v) is 10.3. The van der Waals surface area contributed by atoms with Crippen molar-refractivity contribution in [1.29, 1.82) is 5.26 Å². The summed E-state index contributed by atoms with van der Waals surface area (Å²) < 4.78 is 1.84. The second-order valence-corrected chi connectivity index (χ2v) is 9.50. The maximum absolute atomic E-state index is 9.44. The van der Waals surface area contributed by atoms with Gasteiger partial charge in [-0.25, -0.2) is 0 Å². The molecule has 117 valence electrons. The van der Waals surface area contributed by atoms with E-state index in [0.29, 0.717) is 10.4 Å². The molecule has 1 radical (unpaired) electrons. The summed E-state index contributed by atoms with van der Waals surface area (Å²) in [5.41, 5.74) is 3.72. The average Bonchev–Trinajstić information content (AvgIpc) is 3.47. The first-order valence-electron chi connectivity index (χ1n) is 8.23.